The Labute approximate surface area is 305 Å². The van der Waals surface area contributed by atoms with E-state index in [1.807, 2.05) is 32.8 Å². The number of likely N-dealkylation sites (N-methyl/N-ethyl adjacent to an activating group) is 1. The molecule has 3 aliphatic heterocycles. The molecule has 7 N–H and O–H groups in total. The van der Waals surface area contributed by atoms with Crippen LogP contribution in [0.15, 0.2) is 0 Å². The highest BCUT2D eigenvalue weighted by atomic mass is 16.7. The topological polar surface area (TPSA) is 203 Å². The fraction of sp³-hybridized carbons (Fsp3) is 0.973. The predicted octanol–water partition coefficient (Wildman–Crippen LogP) is 1.54. The third-order valence-corrected chi connectivity index (χ3v) is 12.2. The molecule has 0 aromatic heterocycles. The third kappa shape index (κ3) is 9.63. The number of rotatable bonds is 7. The van der Waals surface area contributed by atoms with E-state index in [2.05, 4.69) is 0 Å². The van der Waals surface area contributed by atoms with Crippen LogP contribution in [0.25, 0.3) is 0 Å². The Bertz CT molecular complexity index is 1130. The summed E-state index contributed by atoms with van der Waals surface area (Å²) in [5.74, 6) is -3.57. The third-order valence-electron chi connectivity index (χ3n) is 12.2. The van der Waals surface area contributed by atoms with Gasteiger partial charge in [-0.15, -0.1) is 0 Å². The highest BCUT2D eigenvalue weighted by molar-refractivity contribution is 5.73. The van der Waals surface area contributed by atoms with Crippen molar-refractivity contribution in [3.8, 4) is 0 Å². The number of nitrogens with zero attached hydrogens (tertiary/aromatic N) is 1. The van der Waals surface area contributed by atoms with Crippen molar-refractivity contribution in [2.45, 2.75) is 185 Å². The largest absolute Gasteiger partial charge is 0.459 e. The lowest BCUT2D eigenvalue weighted by Gasteiger charge is -2.49. The average Bonchev–Trinajstić information content (AvgIpc) is 3.05. The van der Waals surface area contributed by atoms with Gasteiger partial charge in [-0.2, -0.15) is 0 Å². The molecular weight excluding hydrogens is 664 g/mol. The van der Waals surface area contributed by atoms with Gasteiger partial charge in [0.05, 0.1) is 47.6 Å². The molecule has 51 heavy (non-hydrogen) atoms. The first-order valence-corrected chi connectivity index (χ1v) is 18.7. The number of hydrogen-bond donors (Lipinski definition) is 6. The fourth-order valence-corrected chi connectivity index (χ4v) is 8.63. The first-order chi connectivity index (χ1) is 23.4. The first kappa shape index (κ1) is 44.4. The lowest BCUT2D eigenvalue weighted by Crippen LogP contribution is -2.62. The van der Waals surface area contributed by atoms with Crippen molar-refractivity contribution in [2.75, 3.05) is 21.2 Å². The summed E-state index contributed by atoms with van der Waals surface area (Å²) in [5, 5.41) is 58.0. The molecule has 3 aliphatic rings. The van der Waals surface area contributed by atoms with Crippen LogP contribution in [-0.4, -0.2) is 148 Å². The average molecular weight is 735 g/mol. The number of methoxy groups -OCH3 is 1. The van der Waals surface area contributed by atoms with Crippen LogP contribution in [0.5, 0.6) is 0 Å². The Balaban J connectivity index is 2.18. The van der Waals surface area contributed by atoms with Crippen LogP contribution in [0.4, 0.5) is 0 Å². The zero-order chi connectivity index (χ0) is 39.0. The second-order valence-corrected chi connectivity index (χ2v) is 16.8. The SMILES string of the molecule is CCC1OC(=O)[C@H](C)[C@@H](O[C@H]2C[C@@](C)(OC)[C@@H](O)[C@H](C)O2)[C@H](C)[C@@H](O[C@@H]2O[C@H](C)C[C@H](N(C)C)[C@H]2O)[C@@](C)(O)C[C@@H](C)[C@H](N)[C@H](C)[C@@H](O)[C@]1(C)O. The summed E-state index contributed by atoms with van der Waals surface area (Å²) in [6.45, 7) is 17.2. The molecule has 0 amide bonds. The number of nitrogens with two attached hydrogens (primary N) is 1. The van der Waals surface area contributed by atoms with Gasteiger partial charge in [-0.25, -0.2) is 0 Å². The molecule has 0 bridgehead atoms. The van der Waals surface area contributed by atoms with Crippen LogP contribution in [-0.2, 0) is 33.2 Å². The first-order valence-electron chi connectivity index (χ1n) is 18.7. The Morgan fingerprint density at radius 2 is 1.53 bits per heavy atom. The van der Waals surface area contributed by atoms with E-state index < -0.39 is 108 Å². The standard InChI is InChI=1S/C37H70N2O12/c1-14-25-37(10,45)30(41)20(4)27(38)18(2)16-35(8,44)32(51-34-28(40)24(39(11)12)15-19(3)47-34)21(5)29(22(6)33(43)49-25)50-26-17-36(9,46-13)31(42)23(7)48-26/h18-32,34,40-42,44-45H,14-17,38H2,1-13H3/t18-,19-,20+,21+,22-,23+,24+,25?,26+,27+,28-,29+,30-,31+,32-,34+,35+,36-,37-/m1/s1. The molecule has 0 saturated carbocycles. The van der Waals surface area contributed by atoms with Crippen LogP contribution in [0, 0.1) is 23.7 Å². The predicted molar refractivity (Wildman–Crippen MR) is 189 cm³/mol. The molecule has 0 spiro atoms. The molecule has 0 aromatic rings. The van der Waals surface area contributed by atoms with E-state index in [0.717, 1.165) is 0 Å². The maximum absolute atomic E-state index is 14.1. The van der Waals surface area contributed by atoms with E-state index in [-0.39, 0.29) is 31.4 Å². The summed E-state index contributed by atoms with van der Waals surface area (Å²) in [6.07, 6.45) is -8.68. The minimum Gasteiger partial charge on any atom is -0.459 e. The molecule has 0 aromatic carbocycles. The molecule has 14 heteroatoms. The lowest BCUT2D eigenvalue weighted by atomic mass is 9.72. The molecule has 0 aliphatic carbocycles. The van der Waals surface area contributed by atoms with Crippen LogP contribution in [0.2, 0.25) is 0 Å². The lowest BCUT2D eigenvalue weighted by molar-refractivity contribution is -0.318. The van der Waals surface area contributed by atoms with Crippen LogP contribution >= 0.6 is 0 Å². The van der Waals surface area contributed by atoms with Gasteiger partial charge in [-0.05, 0) is 80.8 Å². The van der Waals surface area contributed by atoms with Gasteiger partial charge in [0.15, 0.2) is 12.6 Å². The molecule has 3 rings (SSSR count). The van der Waals surface area contributed by atoms with Crippen molar-refractivity contribution in [1.82, 2.24) is 4.90 Å². The maximum Gasteiger partial charge on any atom is 0.311 e. The summed E-state index contributed by atoms with van der Waals surface area (Å²) in [4.78, 5) is 16.0. The van der Waals surface area contributed by atoms with Crippen LogP contribution in [0.1, 0.15) is 94.9 Å². The zero-order valence-corrected chi connectivity index (χ0v) is 33.2. The van der Waals surface area contributed by atoms with Crippen molar-refractivity contribution in [3.05, 3.63) is 0 Å². The molecule has 3 fully saturated rings. The van der Waals surface area contributed by atoms with E-state index in [9.17, 15) is 30.3 Å². The quantitative estimate of drug-likeness (QED) is 0.206. The number of ether oxygens (including phenoxy) is 6. The number of aliphatic hydroxyl groups is 5. The number of carbonyl (C=O) groups is 1. The molecule has 0 radical (unpaired) electrons. The molecule has 300 valence electrons. The highest BCUT2D eigenvalue weighted by Crippen LogP contribution is 2.41. The minimum absolute atomic E-state index is 0.0888. The minimum atomic E-state index is -1.85. The number of cyclic esters (lactones) is 1. The Kier molecular flexibility index (Phi) is 15.0. The van der Waals surface area contributed by atoms with Gasteiger partial charge in [0.1, 0.15) is 23.9 Å². The Morgan fingerprint density at radius 1 is 0.922 bits per heavy atom. The number of hydrogen-bond acceptors (Lipinski definition) is 14. The number of carbonyl (C=O) groups excluding carboxylic acids is 1. The summed E-state index contributed by atoms with van der Waals surface area (Å²) in [6, 6.07) is -0.983. The van der Waals surface area contributed by atoms with Gasteiger partial charge in [-0.1, -0.05) is 27.7 Å². The number of esters is 1. The van der Waals surface area contributed by atoms with Crippen molar-refractivity contribution < 1.29 is 58.7 Å². The van der Waals surface area contributed by atoms with Gasteiger partial charge in [0.25, 0.3) is 0 Å². The van der Waals surface area contributed by atoms with E-state index in [1.54, 1.807) is 48.5 Å². The summed E-state index contributed by atoms with van der Waals surface area (Å²) < 4.78 is 37.3. The van der Waals surface area contributed by atoms with E-state index >= 15 is 0 Å². The zero-order valence-electron chi connectivity index (χ0n) is 33.2. The van der Waals surface area contributed by atoms with Gasteiger partial charge in [-0.3, -0.25) is 4.79 Å². The van der Waals surface area contributed by atoms with Crippen molar-refractivity contribution in [2.24, 2.45) is 29.4 Å². The van der Waals surface area contributed by atoms with E-state index in [1.165, 1.54) is 14.0 Å². The van der Waals surface area contributed by atoms with Gasteiger partial charge in [0, 0.05) is 37.5 Å². The molecule has 14 nitrogen and oxygen atoms in total. The smallest absolute Gasteiger partial charge is 0.311 e. The maximum atomic E-state index is 14.1. The van der Waals surface area contributed by atoms with Gasteiger partial charge in [0.2, 0.25) is 0 Å². The Morgan fingerprint density at radius 3 is 2.08 bits per heavy atom. The van der Waals surface area contributed by atoms with E-state index in [0.29, 0.717) is 6.42 Å². The normalized spacial score (nSPS) is 51.2. The van der Waals surface area contributed by atoms with Gasteiger partial charge >= 0.3 is 5.97 Å². The number of aliphatic hydroxyl groups excluding tert-OH is 3. The van der Waals surface area contributed by atoms with Gasteiger partial charge < -0.3 is 64.6 Å². The summed E-state index contributed by atoms with van der Waals surface area (Å²) in [5.41, 5.74) is 2.20. The second kappa shape index (κ2) is 17.2. The second-order valence-electron chi connectivity index (χ2n) is 16.8. The van der Waals surface area contributed by atoms with Crippen molar-refractivity contribution in [1.29, 1.82) is 0 Å². The van der Waals surface area contributed by atoms with Crippen molar-refractivity contribution >= 4 is 5.97 Å². The molecule has 3 saturated heterocycles. The van der Waals surface area contributed by atoms with Crippen LogP contribution in [0.3, 0.4) is 0 Å². The fourth-order valence-electron chi connectivity index (χ4n) is 8.63. The van der Waals surface area contributed by atoms with Crippen molar-refractivity contribution in [3.63, 3.8) is 0 Å². The molecule has 3 heterocycles. The molecular formula is C37H70N2O12. The van der Waals surface area contributed by atoms with Crippen LogP contribution < -0.4 is 5.73 Å². The summed E-state index contributed by atoms with van der Waals surface area (Å²) in [7, 11) is 5.24. The van der Waals surface area contributed by atoms with E-state index in [4.69, 9.17) is 34.2 Å². The molecule has 1 unspecified atom stereocenters. The Hall–Kier alpha value is -1.01. The molecule has 19 atom stereocenters. The summed E-state index contributed by atoms with van der Waals surface area (Å²) >= 11 is 0. The highest BCUT2D eigenvalue weighted by Gasteiger charge is 2.53. The monoisotopic (exact) mass is 734 g/mol.